The molecule has 2 rings (SSSR count). The van der Waals surface area contributed by atoms with E-state index in [0.29, 0.717) is 12.0 Å². The third kappa shape index (κ3) is 10.0. The average Bonchev–Trinajstić information content (AvgIpc) is 2.91. The van der Waals surface area contributed by atoms with Gasteiger partial charge in [0.25, 0.3) is 0 Å². The summed E-state index contributed by atoms with van der Waals surface area (Å²) < 4.78 is 15.9. The number of carbonyl (C=O) groups is 1. The minimum Gasteiger partial charge on any atom is -0.507 e. The molecule has 1 aromatic carbocycles. The van der Waals surface area contributed by atoms with Crippen LogP contribution >= 0.6 is 0 Å². The Labute approximate surface area is 226 Å². The minimum atomic E-state index is -1.58. The molecule has 1 aliphatic rings. The lowest BCUT2D eigenvalue weighted by Crippen LogP contribution is -2.60. The van der Waals surface area contributed by atoms with Gasteiger partial charge in [0, 0.05) is 6.07 Å². The van der Waals surface area contributed by atoms with E-state index in [-0.39, 0.29) is 17.1 Å². The summed E-state index contributed by atoms with van der Waals surface area (Å²) in [5.74, 6) is -0.876. The number of rotatable bonds is 18. The molecule has 38 heavy (non-hydrogen) atoms. The van der Waals surface area contributed by atoms with Crippen molar-refractivity contribution in [3.8, 4) is 11.5 Å². The van der Waals surface area contributed by atoms with Crippen LogP contribution in [0.25, 0.3) is 0 Å². The summed E-state index contributed by atoms with van der Waals surface area (Å²) in [5, 5.41) is 50.2. The molecule has 0 unspecified atom stereocenters. The van der Waals surface area contributed by atoms with Crippen molar-refractivity contribution in [2.24, 2.45) is 0 Å². The number of unbranched alkanes of at least 4 members (excludes halogenated alkanes) is 12. The monoisotopic (exact) mass is 540 g/mol. The van der Waals surface area contributed by atoms with E-state index in [9.17, 15) is 30.3 Å². The van der Waals surface area contributed by atoms with Gasteiger partial charge in [0.1, 0.15) is 41.5 Å². The quantitative estimate of drug-likeness (QED) is 0.138. The molecule has 1 fully saturated rings. The third-order valence-corrected chi connectivity index (χ3v) is 7.21. The Bertz CT molecular complexity index is 813. The second kappa shape index (κ2) is 17.6. The number of benzene rings is 1. The second-order valence-electron chi connectivity index (χ2n) is 10.3. The summed E-state index contributed by atoms with van der Waals surface area (Å²) in [5.41, 5.74) is 0.604. The van der Waals surface area contributed by atoms with Crippen LogP contribution in [0.2, 0.25) is 0 Å². The van der Waals surface area contributed by atoms with Gasteiger partial charge in [-0.3, -0.25) is 0 Å². The van der Waals surface area contributed by atoms with Gasteiger partial charge < -0.3 is 39.7 Å². The molecular formula is C29H48O9. The van der Waals surface area contributed by atoms with Crippen LogP contribution in [0.3, 0.4) is 0 Å². The van der Waals surface area contributed by atoms with E-state index < -0.39 is 43.3 Å². The van der Waals surface area contributed by atoms with E-state index in [2.05, 4.69) is 6.92 Å². The average molecular weight is 541 g/mol. The van der Waals surface area contributed by atoms with Gasteiger partial charge in [-0.25, -0.2) is 4.79 Å². The zero-order valence-corrected chi connectivity index (χ0v) is 23.0. The van der Waals surface area contributed by atoms with E-state index in [1.54, 1.807) is 6.07 Å². The van der Waals surface area contributed by atoms with Gasteiger partial charge in [-0.15, -0.1) is 0 Å². The van der Waals surface area contributed by atoms with Crippen molar-refractivity contribution >= 4 is 5.97 Å². The van der Waals surface area contributed by atoms with Crippen molar-refractivity contribution in [3.63, 3.8) is 0 Å². The first-order valence-electron chi connectivity index (χ1n) is 14.2. The van der Waals surface area contributed by atoms with Gasteiger partial charge in [-0.2, -0.15) is 0 Å². The predicted octanol–water partition coefficient (Wildman–Crippen LogP) is 3.99. The maximum atomic E-state index is 12.3. The summed E-state index contributed by atoms with van der Waals surface area (Å²) in [6, 6.07) is 2.79. The van der Waals surface area contributed by atoms with Crippen LogP contribution in [-0.2, 0) is 15.9 Å². The van der Waals surface area contributed by atoms with Crippen LogP contribution in [0.1, 0.15) is 106 Å². The van der Waals surface area contributed by atoms with Gasteiger partial charge in [-0.1, -0.05) is 84.0 Å². The molecule has 1 heterocycles. The van der Waals surface area contributed by atoms with E-state index in [4.69, 9.17) is 14.2 Å². The largest absolute Gasteiger partial charge is 0.507 e. The molecule has 0 saturated carbocycles. The highest BCUT2D eigenvalue weighted by molar-refractivity contribution is 5.94. The SMILES string of the molecule is CCCCCCCCCCCCCCCc1cc(O[C@@H]2O[C@H](CO)[C@H](O)[C@H](O)[C@H]2O)cc(O)c1C(=O)OC. The van der Waals surface area contributed by atoms with E-state index in [1.165, 1.54) is 77.4 Å². The number of carbonyl (C=O) groups excluding carboxylic acids is 1. The van der Waals surface area contributed by atoms with Gasteiger partial charge >= 0.3 is 5.97 Å². The predicted molar refractivity (Wildman–Crippen MR) is 143 cm³/mol. The van der Waals surface area contributed by atoms with Crippen molar-refractivity contribution in [1.29, 1.82) is 0 Å². The number of phenolic OH excluding ortho intramolecular Hbond substituents is 1. The van der Waals surface area contributed by atoms with Gasteiger partial charge in [0.05, 0.1) is 13.7 Å². The van der Waals surface area contributed by atoms with E-state index >= 15 is 0 Å². The Morgan fingerprint density at radius 1 is 0.842 bits per heavy atom. The van der Waals surface area contributed by atoms with Crippen LogP contribution in [0.4, 0.5) is 0 Å². The lowest BCUT2D eigenvalue weighted by molar-refractivity contribution is -0.277. The molecule has 0 amide bonds. The standard InChI is InChI=1S/C29H48O9/c1-3-4-5-6-7-8-9-10-11-12-13-14-15-16-20-17-21(18-22(31)24(20)28(35)36-2)37-29-27(34)26(33)25(32)23(19-30)38-29/h17-18,23,25-27,29-34H,3-16,19H2,1-2H3/t23-,25+,26+,27-,29-/m1/s1. The summed E-state index contributed by atoms with van der Waals surface area (Å²) in [4.78, 5) is 12.3. The van der Waals surface area contributed by atoms with Crippen LogP contribution in [0, 0.1) is 0 Å². The topological polar surface area (TPSA) is 146 Å². The molecule has 0 bridgehead atoms. The summed E-state index contributed by atoms with van der Waals surface area (Å²) in [6.07, 6.45) is 9.19. The molecule has 5 atom stereocenters. The minimum absolute atomic E-state index is 0.0626. The van der Waals surface area contributed by atoms with Gasteiger partial charge in [-0.05, 0) is 24.5 Å². The molecule has 218 valence electrons. The Balaban J connectivity index is 1.86. The van der Waals surface area contributed by atoms with Crippen molar-refractivity contribution in [2.75, 3.05) is 13.7 Å². The fourth-order valence-electron chi connectivity index (χ4n) is 4.89. The Kier molecular flexibility index (Phi) is 15.0. The molecule has 0 aliphatic carbocycles. The number of ether oxygens (including phenoxy) is 3. The number of methoxy groups -OCH3 is 1. The maximum Gasteiger partial charge on any atom is 0.341 e. The number of aryl methyl sites for hydroxylation is 1. The van der Waals surface area contributed by atoms with Crippen LogP contribution in [-0.4, -0.2) is 75.9 Å². The van der Waals surface area contributed by atoms with Crippen LogP contribution < -0.4 is 4.74 Å². The fourth-order valence-corrected chi connectivity index (χ4v) is 4.89. The van der Waals surface area contributed by atoms with Crippen molar-refractivity contribution in [3.05, 3.63) is 23.3 Å². The molecule has 1 saturated heterocycles. The Morgan fingerprint density at radius 3 is 1.92 bits per heavy atom. The molecule has 0 spiro atoms. The summed E-state index contributed by atoms with van der Waals surface area (Å²) in [7, 11) is 1.25. The normalized spacial score (nSPS) is 23.4. The van der Waals surface area contributed by atoms with E-state index in [1.807, 2.05) is 0 Å². The zero-order chi connectivity index (χ0) is 27.9. The lowest BCUT2D eigenvalue weighted by atomic mass is 9.98. The number of hydrogen-bond acceptors (Lipinski definition) is 9. The summed E-state index contributed by atoms with van der Waals surface area (Å²) in [6.45, 7) is 1.66. The van der Waals surface area contributed by atoms with Crippen molar-refractivity contribution in [1.82, 2.24) is 0 Å². The van der Waals surface area contributed by atoms with Crippen LogP contribution in [0.15, 0.2) is 12.1 Å². The molecule has 9 nitrogen and oxygen atoms in total. The number of hydrogen-bond donors (Lipinski definition) is 5. The van der Waals surface area contributed by atoms with Crippen molar-refractivity contribution < 1.29 is 44.5 Å². The fraction of sp³-hybridized carbons (Fsp3) is 0.759. The Morgan fingerprint density at radius 2 is 1.39 bits per heavy atom. The zero-order valence-electron chi connectivity index (χ0n) is 23.0. The number of esters is 1. The number of phenols is 1. The van der Waals surface area contributed by atoms with Gasteiger partial charge in [0.15, 0.2) is 0 Å². The number of aliphatic hydroxyl groups is 4. The molecule has 9 heteroatoms. The maximum absolute atomic E-state index is 12.3. The highest BCUT2D eigenvalue weighted by Crippen LogP contribution is 2.32. The Hall–Kier alpha value is -1.91. The first-order valence-corrected chi connectivity index (χ1v) is 14.2. The summed E-state index contributed by atoms with van der Waals surface area (Å²) >= 11 is 0. The van der Waals surface area contributed by atoms with Crippen molar-refractivity contribution in [2.45, 2.75) is 128 Å². The number of aliphatic hydroxyl groups excluding tert-OH is 4. The third-order valence-electron chi connectivity index (χ3n) is 7.21. The molecule has 1 aromatic rings. The second-order valence-corrected chi connectivity index (χ2v) is 10.3. The first-order chi connectivity index (χ1) is 18.3. The first kappa shape index (κ1) is 32.3. The smallest absolute Gasteiger partial charge is 0.341 e. The lowest BCUT2D eigenvalue weighted by Gasteiger charge is -2.39. The highest BCUT2D eigenvalue weighted by atomic mass is 16.7. The molecule has 0 aromatic heterocycles. The molecule has 5 N–H and O–H groups in total. The number of aromatic hydroxyl groups is 1. The molecular weight excluding hydrogens is 492 g/mol. The highest BCUT2D eigenvalue weighted by Gasteiger charge is 2.44. The van der Waals surface area contributed by atoms with Gasteiger partial charge in [0.2, 0.25) is 6.29 Å². The van der Waals surface area contributed by atoms with E-state index in [0.717, 1.165) is 19.3 Å². The van der Waals surface area contributed by atoms with Crippen LogP contribution in [0.5, 0.6) is 11.5 Å². The molecule has 1 aliphatic heterocycles. The molecule has 0 radical (unpaired) electrons.